The van der Waals surface area contributed by atoms with E-state index in [-0.39, 0.29) is 36.6 Å². The van der Waals surface area contributed by atoms with Crippen molar-refractivity contribution in [3.8, 4) is 0 Å². The van der Waals surface area contributed by atoms with Crippen LogP contribution in [0.1, 0.15) is 49.4 Å². The molecule has 1 aliphatic carbocycles. The first-order chi connectivity index (χ1) is 14.3. The van der Waals surface area contributed by atoms with Gasteiger partial charge in [-0.25, -0.2) is 0 Å². The maximum Gasteiger partial charge on any atom is 0.308 e. The number of nitrogens with zero attached hydrogens (tertiary/aromatic N) is 1. The Kier molecular flexibility index (Phi) is 6.49. The molecule has 30 heavy (non-hydrogen) atoms. The second kappa shape index (κ2) is 9.06. The Hall–Kier alpha value is -3.23. The number of hydrogen-bond acceptors (Lipinski definition) is 6. The Morgan fingerprint density at radius 3 is 2.20 bits per heavy atom. The summed E-state index contributed by atoms with van der Waals surface area (Å²) in [5.41, 5.74) is 5.89. The topological polar surface area (TPSA) is 136 Å². The highest BCUT2D eigenvalue weighted by Gasteiger charge is 2.47. The van der Waals surface area contributed by atoms with E-state index in [2.05, 4.69) is 5.32 Å². The summed E-state index contributed by atoms with van der Waals surface area (Å²) in [6.45, 7) is 1.39. The molecule has 1 aliphatic heterocycles. The monoisotopic (exact) mass is 415 g/mol. The Morgan fingerprint density at radius 1 is 1.10 bits per heavy atom. The molecular weight excluding hydrogens is 390 g/mol. The van der Waals surface area contributed by atoms with E-state index in [0.717, 1.165) is 17.7 Å². The molecule has 160 valence electrons. The zero-order valence-corrected chi connectivity index (χ0v) is 16.8. The number of fused-ring (bicyclic) bond motifs is 1. The van der Waals surface area contributed by atoms with Crippen molar-refractivity contribution in [3.05, 3.63) is 29.8 Å². The second-order valence-corrected chi connectivity index (χ2v) is 7.64. The zero-order chi connectivity index (χ0) is 21.8. The summed E-state index contributed by atoms with van der Waals surface area (Å²) in [5.74, 6) is -2.72. The van der Waals surface area contributed by atoms with Crippen molar-refractivity contribution in [1.82, 2.24) is 4.90 Å². The lowest BCUT2D eigenvalue weighted by Gasteiger charge is -2.19. The number of nitrogens with one attached hydrogen (secondary N) is 1. The molecule has 1 saturated heterocycles. The lowest BCUT2D eigenvalue weighted by molar-refractivity contribution is -0.154. The molecule has 0 aromatic heterocycles. The fraction of sp³-hybridized carbons (Fsp3) is 0.476. The normalized spacial score (nSPS) is 21.7. The lowest BCUT2D eigenvalue weighted by Crippen LogP contribution is -2.35. The highest BCUT2D eigenvalue weighted by atomic mass is 16.5. The van der Waals surface area contributed by atoms with E-state index in [4.69, 9.17) is 10.5 Å². The SMILES string of the molecule is C[C@@H](OC(=O)CCN1C(=O)[C@H]2CCCC[C@H]2C1=O)C(=O)Nc1ccc(C(N)=O)cc1. The van der Waals surface area contributed by atoms with Gasteiger partial charge in [-0.3, -0.25) is 28.9 Å². The molecule has 1 saturated carbocycles. The predicted molar refractivity (Wildman–Crippen MR) is 106 cm³/mol. The standard InChI is InChI=1S/C21H25N3O6/c1-12(19(27)23-14-8-6-13(7-9-14)18(22)26)30-17(25)10-11-24-20(28)15-4-2-3-5-16(15)21(24)29/h6-9,12,15-16H,2-5,10-11H2,1H3,(H2,22,26)(H,23,27)/t12-,15-,16+/m1/s1. The Labute approximate surface area is 173 Å². The van der Waals surface area contributed by atoms with Crippen molar-refractivity contribution < 1.29 is 28.7 Å². The number of amides is 4. The maximum atomic E-state index is 12.4. The molecule has 0 bridgehead atoms. The van der Waals surface area contributed by atoms with Gasteiger partial charge in [-0.15, -0.1) is 0 Å². The van der Waals surface area contributed by atoms with Crippen LogP contribution in [0.4, 0.5) is 5.69 Å². The number of likely N-dealkylation sites (tertiary alicyclic amines) is 1. The van der Waals surface area contributed by atoms with Crippen molar-refractivity contribution >= 4 is 35.3 Å². The molecule has 0 unspecified atom stereocenters. The number of nitrogens with two attached hydrogens (primary N) is 1. The molecule has 4 amide bonds. The highest BCUT2D eigenvalue weighted by Crippen LogP contribution is 2.37. The van der Waals surface area contributed by atoms with Gasteiger partial charge in [-0.1, -0.05) is 12.8 Å². The largest absolute Gasteiger partial charge is 0.452 e. The van der Waals surface area contributed by atoms with E-state index >= 15 is 0 Å². The average Bonchev–Trinajstić information content (AvgIpc) is 2.97. The van der Waals surface area contributed by atoms with E-state index in [9.17, 15) is 24.0 Å². The van der Waals surface area contributed by atoms with Crippen LogP contribution in [-0.4, -0.2) is 47.1 Å². The molecule has 1 heterocycles. The first-order valence-corrected chi connectivity index (χ1v) is 10.0. The number of carbonyl (C=O) groups excluding carboxylic acids is 5. The Balaban J connectivity index is 1.47. The zero-order valence-electron chi connectivity index (χ0n) is 16.8. The fourth-order valence-corrected chi connectivity index (χ4v) is 3.93. The second-order valence-electron chi connectivity index (χ2n) is 7.64. The number of esters is 1. The minimum atomic E-state index is -1.07. The number of hydrogen-bond donors (Lipinski definition) is 2. The third-order valence-corrected chi connectivity index (χ3v) is 5.59. The molecule has 2 aliphatic rings. The van der Waals surface area contributed by atoms with Gasteiger partial charge in [0.15, 0.2) is 6.10 Å². The predicted octanol–water partition coefficient (Wildman–Crippen LogP) is 1.22. The van der Waals surface area contributed by atoms with Crippen molar-refractivity contribution in [2.45, 2.75) is 45.1 Å². The van der Waals surface area contributed by atoms with Gasteiger partial charge in [-0.2, -0.15) is 0 Å². The molecule has 9 heteroatoms. The molecule has 9 nitrogen and oxygen atoms in total. The molecule has 3 rings (SSSR count). The molecule has 0 spiro atoms. The van der Waals surface area contributed by atoms with Gasteiger partial charge in [0.1, 0.15) is 0 Å². The summed E-state index contributed by atoms with van der Waals surface area (Å²) < 4.78 is 5.12. The number of rotatable bonds is 7. The molecule has 1 aromatic rings. The number of imide groups is 1. The van der Waals surface area contributed by atoms with Gasteiger partial charge >= 0.3 is 5.97 Å². The van der Waals surface area contributed by atoms with Crippen LogP contribution >= 0.6 is 0 Å². The van der Waals surface area contributed by atoms with Crippen molar-refractivity contribution in [2.24, 2.45) is 17.6 Å². The van der Waals surface area contributed by atoms with Gasteiger partial charge in [0.2, 0.25) is 17.7 Å². The number of carbonyl (C=O) groups is 5. The molecule has 1 aromatic carbocycles. The Bertz CT molecular complexity index is 842. The van der Waals surface area contributed by atoms with Crippen LogP contribution in [0.25, 0.3) is 0 Å². The highest BCUT2D eigenvalue weighted by molar-refractivity contribution is 6.05. The molecular formula is C21H25N3O6. The molecule has 3 N–H and O–H groups in total. The van der Waals surface area contributed by atoms with Gasteiger partial charge in [-0.05, 0) is 44.0 Å². The summed E-state index contributed by atoms with van der Waals surface area (Å²) in [4.78, 5) is 61.4. The molecule has 2 fully saturated rings. The third kappa shape index (κ3) is 4.67. The van der Waals surface area contributed by atoms with E-state index in [0.29, 0.717) is 24.1 Å². The summed E-state index contributed by atoms with van der Waals surface area (Å²) >= 11 is 0. The summed E-state index contributed by atoms with van der Waals surface area (Å²) in [5, 5.41) is 2.57. The summed E-state index contributed by atoms with van der Waals surface area (Å²) in [6, 6.07) is 5.96. The van der Waals surface area contributed by atoms with Crippen LogP contribution in [0.2, 0.25) is 0 Å². The molecule has 0 radical (unpaired) electrons. The van der Waals surface area contributed by atoms with Crippen molar-refractivity contribution in [2.75, 3.05) is 11.9 Å². The van der Waals surface area contributed by atoms with E-state index in [1.165, 1.54) is 31.2 Å². The van der Waals surface area contributed by atoms with Crippen LogP contribution in [0, 0.1) is 11.8 Å². The van der Waals surface area contributed by atoms with Gasteiger partial charge < -0.3 is 15.8 Å². The van der Waals surface area contributed by atoms with Crippen molar-refractivity contribution in [1.29, 1.82) is 0 Å². The van der Waals surface area contributed by atoms with E-state index in [1.54, 1.807) is 0 Å². The van der Waals surface area contributed by atoms with Gasteiger partial charge in [0.05, 0.1) is 18.3 Å². The van der Waals surface area contributed by atoms with Crippen LogP contribution in [0.15, 0.2) is 24.3 Å². The Morgan fingerprint density at radius 2 is 1.67 bits per heavy atom. The quantitative estimate of drug-likeness (QED) is 0.508. The van der Waals surface area contributed by atoms with Gasteiger partial charge in [0, 0.05) is 17.8 Å². The fourth-order valence-electron chi connectivity index (χ4n) is 3.93. The van der Waals surface area contributed by atoms with Crippen LogP contribution in [0.5, 0.6) is 0 Å². The lowest BCUT2D eigenvalue weighted by atomic mass is 9.81. The first-order valence-electron chi connectivity index (χ1n) is 10.0. The third-order valence-electron chi connectivity index (χ3n) is 5.59. The first kappa shape index (κ1) is 21.5. The number of primary amides is 1. The maximum absolute atomic E-state index is 12.4. The number of anilines is 1. The summed E-state index contributed by atoms with van der Waals surface area (Å²) in [6.07, 6.45) is 2.08. The van der Waals surface area contributed by atoms with Crippen molar-refractivity contribution in [3.63, 3.8) is 0 Å². The minimum Gasteiger partial charge on any atom is -0.452 e. The number of benzene rings is 1. The average molecular weight is 415 g/mol. The van der Waals surface area contributed by atoms with E-state index in [1.807, 2.05) is 0 Å². The van der Waals surface area contributed by atoms with Crippen LogP contribution < -0.4 is 11.1 Å². The van der Waals surface area contributed by atoms with Gasteiger partial charge in [0.25, 0.3) is 5.91 Å². The molecule has 3 atom stereocenters. The summed E-state index contributed by atoms with van der Waals surface area (Å²) in [7, 11) is 0. The smallest absolute Gasteiger partial charge is 0.308 e. The minimum absolute atomic E-state index is 0.0353. The number of ether oxygens (including phenoxy) is 1. The van der Waals surface area contributed by atoms with Crippen LogP contribution in [-0.2, 0) is 23.9 Å². The van der Waals surface area contributed by atoms with E-state index < -0.39 is 23.9 Å². The van der Waals surface area contributed by atoms with Crippen LogP contribution in [0.3, 0.4) is 0 Å².